The van der Waals surface area contributed by atoms with Gasteiger partial charge in [-0.25, -0.2) is 9.59 Å². The second kappa shape index (κ2) is 8.29. The van der Waals surface area contributed by atoms with Crippen LogP contribution < -0.4 is 5.32 Å². The number of methoxy groups -OCH3 is 1. The first-order valence-electron chi connectivity index (χ1n) is 5.96. The maximum absolute atomic E-state index is 11.5. The minimum absolute atomic E-state index is 0.0359. The van der Waals surface area contributed by atoms with E-state index in [1.54, 1.807) is 0 Å². The lowest BCUT2D eigenvalue weighted by Gasteiger charge is -2.10. The van der Waals surface area contributed by atoms with Crippen LogP contribution in [0.3, 0.4) is 0 Å². The minimum Gasteiger partial charge on any atom is -0.480 e. The predicted molar refractivity (Wildman–Crippen MR) is 79.1 cm³/mol. The van der Waals surface area contributed by atoms with E-state index < -0.39 is 23.5 Å². The fourth-order valence-corrected chi connectivity index (χ4v) is 2.14. The van der Waals surface area contributed by atoms with E-state index in [2.05, 4.69) is 26.0 Å². The lowest BCUT2D eigenvalue weighted by molar-refractivity contribution is -0.384. The van der Waals surface area contributed by atoms with Crippen LogP contribution in [0.25, 0.3) is 0 Å². The zero-order chi connectivity index (χ0) is 16.7. The van der Waals surface area contributed by atoms with Gasteiger partial charge in [0.1, 0.15) is 12.3 Å². The highest BCUT2D eigenvalue weighted by atomic mass is 79.9. The summed E-state index contributed by atoms with van der Waals surface area (Å²) in [6, 6.07) is 2.48. The van der Waals surface area contributed by atoms with E-state index in [4.69, 9.17) is 9.84 Å². The van der Waals surface area contributed by atoms with E-state index in [-0.39, 0.29) is 30.1 Å². The number of nitro groups is 1. The first-order valence-corrected chi connectivity index (χ1v) is 6.75. The Morgan fingerprint density at radius 3 is 2.68 bits per heavy atom. The van der Waals surface area contributed by atoms with Crippen molar-refractivity contribution >= 4 is 39.2 Å². The molecule has 0 aliphatic rings. The van der Waals surface area contributed by atoms with Crippen molar-refractivity contribution in [3.8, 4) is 0 Å². The molecule has 1 rings (SSSR count). The number of ether oxygens (including phenoxy) is 2. The third-order valence-corrected chi connectivity index (χ3v) is 3.09. The quantitative estimate of drug-likeness (QED) is 0.303. The molecule has 0 unspecified atom stereocenters. The highest BCUT2D eigenvalue weighted by Crippen LogP contribution is 2.34. The molecular formula is C12H13BrN2O7. The van der Waals surface area contributed by atoms with Crippen LogP contribution in [0.1, 0.15) is 10.4 Å². The number of rotatable bonds is 8. The van der Waals surface area contributed by atoms with Crippen molar-refractivity contribution in [2.24, 2.45) is 0 Å². The number of carboxylic acids is 1. The van der Waals surface area contributed by atoms with E-state index in [1.165, 1.54) is 13.2 Å². The number of hydrogen-bond acceptors (Lipinski definition) is 7. The van der Waals surface area contributed by atoms with Crippen LogP contribution in [0.15, 0.2) is 16.6 Å². The number of esters is 1. The lowest BCUT2D eigenvalue weighted by atomic mass is 10.1. The van der Waals surface area contributed by atoms with Crippen molar-refractivity contribution in [1.29, 1.82) is 0 Å². The number of nitrogens with zero attached hydrogens (tertiary/aromatic N) is 1. The van der Waals surface area contributed by atoms with Crippen molar-refractivity contribution in [3.05, 3.63) is 32.3 Å². The molecule has 0 radical (unpaired) electrons. The van der Waals surface area contributed by atoms with Crippen LogP contribution in [-0.4, -0.2) is 48.8 Å². The monoisotopic (exact) mass is 376 g/mol. The standard InChI is InChI=1S/C12H13BrN2O7/c1-21-12(18)7-4-8(13)11(9(5-7)15(19)20)14-2-3-22-6-10(16)17/h4-5,14H,2-3,6H2,1H3,(H,16,17). The molecule has 9 nitrogen and oxygen atoms in total. The molecule has 2 N–H and O–H groups in total. The largest absolute Gasteiger partial charge is 0.480 e. The molecule has 0 heterocycles. The van der Waals surface area contributed by atoms with Crippen LogP contribution in [0.2, 0.25) is 0 Å². The number of halogens is 1. The number of aliphatic carboxylic acids is 1. The van der Waals surface area contributed by atoms with Gasteiger partial charge in [-0.05, 0) is 22.0 Å². The molecule has 1 aromatic carbocycles. The second-order valence-electron chi connectivity index (χ2n) is 3.97. The number of nitrogens with one attached hydrogen (secondary N) is 1. The summed E-state index contributed by atoms with van der Waals surface area (Å²) < 4.78 is 9.64. The molecule has 0 spiro atoms. The molecule has 0 saturated heterocycles. The van der Waals surface area contributed by atoms with Gasteiger partial charge in [-0.2, -0.15) is 0 Å². The Bertz CT molecular complexity index is 591. The Kier molecular flexibility index (Phi) is 6.73. The molecule has 0 bridgehead atoms. The summed E-state index contributed by atoms with van der Waals surface area (Å²) in [5, 5.41) is 22.3. The number of hydrogen-bond donors (Lipinski definition) is 2. The van der Waals surface area contributed by atoms with Gasteiger partial charge < -0.3 is 19.9 Å². The van der Waals surface area contributed by atoms with Crippen molar-refractivity contribution in [2.45, 2.75) is 0 Å². The molecule has 120 valence electrons. The Morgan fingerprint density at radius 2 is 2.14 bits per heavy atom. The maximum Gasteiger partial charge on any atom is 0.338 e. The van der Waals surface area contributed by atoms with Crippen molar-refractivity contribution in [1.82, 2.24) is 0 Å². The molecule has 0 saturated carbocycles. The molecule has 0 atom stereocenters. The summed E-state index contributed by atoms with van der Waals surface area (Å²) in [5.41, 5.74) is -0.113. The van der Waals surface area contributed by atoms with Crippen LogP contribution in [-0.2, 0) is 14.3 Å². The van der Waals surface area contributed by atoms with Gasteiger partial charge in [0.25, 0.3) is 5.69 Å². The van der Waals surface area contributed by atoms with Crippen LogP contribution in [0, 0.1) is 10.1 Å². The summed E-state index contributed by atoms with van der Waals surface area (Å²) in [6.45, 7) is -0.245. The molecule has 0 aromatic heterocycles. The van der Waals surface area contributed by atoms with E-state index in [0.29, 0.717) is 4.47 Å². The lowest BCUT2D eigenvalue weighted by Crippen LogP contribution is -2.15. The molecule has 0 amide bonds. The maximum atomic E-state index is 11.5. The summed E-state index contributed by atoms with van der Waals surface area (Å²) in [5.74, 6) is -1.80. The van der Waals surface area contributed by atoms with E-state index >= 15 is 0 Å². The number of benzene rings is 1. The Hall–Kier alpha value is -2.20. The Morgan fingerprint density at radius 1 is 1.45 bits per heavy atom. The molecule has 22 heavy (non-hydrogen) atoms. The number of carbonyl (C=O) groups is 2. The van der Waals surface area contributed by atoms with Gasteiger partial charge in [0.15, 0.2) is 0 Å². The third kappa shape index (κ3) is 4.97. The van der Waals surface area contributed by atoms with Gasteiger partial charge >= 0.3 is 11.9 Å². The zero-order valence-corrected chi connectivity index (χ0v) is 13.1. The molecule has 0 aliphatic heterocycles. The van der Waals surface area contributed by atoms with Crippen LogP contribution in [0.4, 0.5) is 11.4 Å². The van der Waals surface area contributed by atoms with Crippen molar-refractivity contribution in [3.63, 3.8) is 0 Å². The van der Waals surface area contributed by atoms with Gasteiger partial charge in [-0.1, -0.05) is 0 Å². The fourth-order valence-electron chi connectivity index (χ4n) is 1.55. The smallest absolute Gasteiger partial charge is 0.338 e. The highest BCUT2D eigenvalue weighted by molar-refractivity contribution is 9.10. The number of nitro benzene ring substituents is 1. The van der Waals surface area contributed by atoms with Crippen LogP contribution in [0.5, 0.6) is 0 Å². The second-order valence-corrected chi connectivity index (χ2v) is 4.83. The molecule has 0 aliphatic carbocycles. The Balaban J connectivity index is 2.87. The predicted octanol–water partition coefficient (Wildman–Crippen LogP) is 1.66. The topological polar surface area (TPSA) is 128 Å². The van der Waals surface area contributed by atoms with Crippen molar-refractivity contribution in [2.75, 3.05) is 32.2 Å². The first-order chi connectivity index (χ1) is 10.4. The first kappa shape index (κ1) is 17.9. The molecular weight excluding hydrogens is 364 g/mol. The fraction of sp³-hybridized carbons (Fsp3) is 0.333. The summed E-state index contributed by atoms with van der Waals surface area (Å²) in [6.07, 6.45) is 0. The zero-order valence-electron chi connectivity index (χ0n) is 11.5. The summed E-state index contributed by atoms with van der Waals surface area (Å²) in [7, 11) is 1.17. The molecule has 0 fully saturated rings. The average Bonchev–Trinajstić information content (AvgIpc) is 2.46. The minimum atomic E-state index is -1.10. The van der Waals surface area contributed by atoms with Gasteiger partial charge in [-0.15, -0.1) is 0 Å². The van der Waals surface area contributed by atoms with Gasteiger partial charge in [0, 0.05) is 17.1 Å². The summed E-state index contributed by atoms with van der Waals surface area (Å²) in [4.78, 5) is 32.2. The van der Waals surface area contributed by atoms with Gasteiger partial charge in [-0.3, -0.25) is 10.1 Å². The third-order valence-electron chi connectivity index (χ3n) is 2.46. The average molecular weight is 377 g/mol. The van der Waals surface area contributed by atoms with Gasteiger partial charge in [0.2, 0.25) is 0 Å². The SMILES string of the molecule is COC(=O)c1cc(Br)c(NCCOCC(=O)O)c([N+](=O)[O-])c1. The normalized spacial score (nSPS) is 10.1. The highest BCUT2D eigenvalue weighted by Gasteiger charge is 2.21. The van der Waals surface area contributed by atoms with E-state index in [1.807, 2.05) is 0 Å². The number of carboxylic acid groups (broad SMARTS) is 1. The van der Waals surface area contributed by atoms with E-state index in [0.717, 1.165) is 6.07 Å². The van der Waals surface area contributed by atoms with Crippen molar-refractivity contribution < 1.29 is 29.1 Å². The van der Waals surface area contributed by atoms with E-state index in [9.17, 15) is 19.7 Å². The summed E-state index contributed by atoms with van der Waals surface area (Å²) >= 11 is 3.15. The number of carbonyl (C=O) groups excluding carboxylic acids is 1. The molecule has 1 aromatic rings. The number of anilines is 1. The Labute approximate surface area is 133 Å². The van der Waals surface area contributed by atoms with Gasteiger partial charge in [0.05, 0.1) is 24.2 Å². The van der Waals surface area contributed by atoms with Crippen LogP contribution >= 0.6 is 15.9 Å². The molecule has 10 heteroatoms.